The van der Waals surface area contributed by atoms with Crippen LogP contribution in [0.1, 0.15) is 18.7 Å². The van der Waals surface area contributed by atoms with Crippen LogP contribution in [0.3, 0.4) is 0 Å². The van der Waals surface area contributed by atoms with Crippen molar-refractivity contribution < 1.29 is 14.2 Å². The molecule has 0 saturated carbocycles. The molecule has 27 heavy (non-hydrogen) atoms. The van der Waals surface area contributed by atoms with Gasteiger partial charge >= 0.3 is 0 Å². The fraction of sp³-hybridized carbons (Fsp3) is 0.150. The predicted octanol–water partition coefficient (Wildman–Crippen LogP) is 3.48. The second kappa shape index (κ2) is 6.77. The molecule has 1 radical (unpaired) electrons. The van der Waals surface area contributed by atoms with Crippen LogP contribution in [0.15, 0.2) is 48.8 Å². The third-order valence-electron chi connectivity index (χ3n) is 4.26. The molecule has 0 amide bonds. The lowest BCUT2D eigenvalue weighted by Gasteiger charge is -2.07. The molecule has 2 aromatic heterocycles. The molecule has 0 bridgehead atoms. The fourth-order valence-electron chi connectivity index (χ4n) is 2.91. The first-order chi connectivity index (χ1) is 13.1. The number of halogens is 1. The van der Waals surface area contributed by atoms with Crippen LogP contribution in [-0.4, -0.2) is 32.0 Å². The smallest absolute Gasteiger partial charge is 0.251 e. The highest BCUT2D eigenvalue weighted by molar-refractivity contribution is 5.83. The van der Waals surface area contributed by atoms with E-state index in [1.807, 2.05) is 6.07 Å². The Morgan fingerprint density at radius 1 is 1.22 bits per heavy atom. The average Bonchev–Trinajstić information content (AvgIpc) is 3.09. The third-order valence-corrected chi connectivity index (χ3v) is 4.26. The van der Waals surface area contributed by atoms with Gasteiger partial charge in [-0.05, 0) is 37.3 Å². The molecule has 0 aliphatic rings. The molecule has 4 aromatic rings. The summed E-state index contributed by atoms with van der Waals surface area (Å²) in [7, 11) is 1.52. The summed E-state index contributed by atoms with van der Waals surface area (Å²) in [6.07, 6.45) is 2.33. The third kappa shape index (κ3) is 3.02. The van der Waals surface area contributed by atoms with Crippen molar-refractivity contribution in [3.05, 3.63) is 66.4 Å². The maximum atomic E-state index is 14.2. The summed E-state index contributed by atoms with van der Waals surface area (Å²) in [5.74, 6) is 0.479. The summed E-state index contributed by atoms with van der Waals surface area (Å²) in [6, 6.07) is 12.8. The van der Waals surface area contributed by atoms with Crippen molar-refractivity contribution in [2.24, 2.45) is 0 Å². The van der Waals surface area contributed by atoms with Gasteiger partial charge in [-0.25, -0.2) is 14.4 Å². The van der Waals surface area contributed by atoms with E-state index in [9.17, 15) is 9.50 Å². The topological polar surface area (TPSA) is 73.1 Å². The molecule has 2 heterocycles. The number of aliphatic hydroxyl groups excluding tert-OH is 1. The highest BCUT2D eigenvalue weighted by atomic mass is 19.1. The number of aliphatic hydroxyl groups is 1. The fourth-order valence-corrected chi connectivity index (χ4v) is 2.91. The van der Waals surface area contributed by atoms with Crippen LogP contribution in [0.2, 0.25) is 0 Å². The van der Waals surface area contributed by atoms with Gasteiger partial charge in [-0.15, -0.1) is 0 Å². The van der Waals surface area contributed by atoms with E-state index in [1.54, 1.807) is 35.9 Å². The zero-order valence-electron chi connectivity index (χ0n) is 14.7. The SMILES string of the molecule is COc1ccc(F)c(-c2cnc(-n3nc(C(C)O)c4cc[c]cc43)nc2)c1. The van der Waals surface area contributed by atoms with Crippen LogP contribution in [0, 0.1) is 11.9 Å². The van der Waals surface area contributed by atoms with E-state index in [2.05, 4.69) is 21.1 Å². The molecule has 2 aromatic carbocycles. The van der Waals surface area contributed by atoms with E-state index >= 15 is 0 Å². The highest BCUT2D eigenvalue weighted by Crippen LogP contribution is 2.28. The Balaban J connectivity index is 1.79. The summed E-state index contributed by atoms with van der Waals surface area (Å²) in [5.41, 5.74) is 2.14. The van der Waals surface area contributed by atoms with Gasteiger partial charge in [-0.2, -0.15) is 9.78 Å². The minimum atomic E-state index is -0.735. The van der Waals surface area contributed by atoms with Crippen molar-refractivity contribution in [2.45, 2.75) is 13.0 Å². The molecule has 0 saturated heterocycles. The molecule has 0 fully saturated rings. The molecule has 6 nitrogen and oxygen atoms in total. The number of nitrogens with zero attached hydrogens (tertiary/aromatic N) is 4. The molecule has 4 rings (SSSR count). The van der Waals surface area contributed by atoms with Crippen LogP contribution < -0.4 is 4.74 Å². The Bertz CT molecular complexity index is 1110. The maximum absolute atomic E-state index is 14.2. The largest absolute Gasteiger partial charge is 0.497 e. The number of methoxy groups -OCH3 is 1. The van der Waals surface area contributed by atoms with E-state index in [0.29, 0.717) is 28.5 Å². The second-order valence-electron chi connectivity index (χ2n) is 6.03. The number of rotatable bonds is 4. The van der Waals surface area contributed by atoms with Gasteiger partial charge in [-0.3, -0.25) is 0 Å². The Morgan fingerprint density at radius 3 is 2.70 bits per heavy atom. The Labute approximate surface area is 154 Å². The van der Waals surface area contributed by atoms with Gasteiger partial charge in [0, 0.05) is 28.9 Å². The van der Waals surface area contributed by atoms with Crippen molar-refractivity contribution in [2.75, 3.05) is 7.11 Å². The Morgan fingerprint density at radius 2 is 2.00 bits per heavy atom. The molecular weight excluding hydrogens is 347 g/mol. The van der Waals surface area contributed by atoms with Crippen molar-refractivity contribution in [3.8, 4) is 22.8 Å². The van der Waals surface area contributed by atoms with Gasteiger partial charge in [0.15, 0.2) is 0 Å². The molecule has 1 atom stereocenters. The second-order valence-corrected chi connectivity index (χ2v) is 6.03. The molecular formula is C20H16FN4O2. The molecule has 0 aliphatic carbocycles. The summed E-state index contributed by atoms with van der Waals surface area (Å²) < 4.78 is 20.8. The van der Waals surface area contributed by atoms with E-state index in [0.717, 1.165) is 10.9 Å². The number of aromatic nitrogens is 4. The minimum absolute atomic E-state index is 0.318. The number of fused-ring (bicyclic) bond motifs is 1. The number of ether oxygens (including phenoxy) is 1. The van der Waals surface area contributed by atoms with Crippen LogP contribution in [0.5, 0.6) is 5.75 Å². The average molecular weight is 363 g/mol. The number of benzene rings is 2. The summed E-state index contributed by atoms with van der Waals surface area (Å²) in [6.45, 7) is 1.65. The summed E-state index contributed by atoms with van der Waals surface area (Å²) >= 11 is 0. The molecule has 0 spiro atoms. The molecule has 7 heteroatoms. The van der Waals surface area contributed by atoms with Gasteiger partial charge in [-0.1, -0.05) is 12.1 Å². The zero-order chi connectivity index (χ0) is 19.0. The van der Waals surface area contributed by atoms with E-state index in [1.165, 1.54) is 25.6 Å². The molecule has 135 valence electrons. The van der Waals surface area contributed by atoms with Crippen LogP contribution >= 0.6 is 0 Å². The predicted molar refractivity (Wildman–Crippen MR) is 98.1 cm³/mol. The van der Waals surface area contributed by atoms with E-state index in [-0.39, 0.29) is 5.82 Å². The lowest BCUT2D eigenvalue weighted by atomic mass is 10.1. The van der Waals surface area contributed by atoms with Crippen molar-refractivity contribution >= 4 is 10.9 Å². The minimum Gasteiger partial charge on any atom is -0.497 e. The molecule has 0 aliphatic heterocycles. The monoisotopic (exact) mass is 363 g/mol. The first-order valence-electron chi connectivity index (χ1n) is 8.31. The summed E-state index contributed by atoms with van der Waals surface area (Å²) in [5, 5.41) is 15.2. The van der Waals surface area contributed by atoms with Gasteiger partial charge in [0.25, 0.3) is 5.95 Å². The van der Waals surface area contributed by atoms with Crippen LogP contribution in [0.25, 0.3) is 28.0 Å². The standard InChI is InChI=1S/C20H16FN4O2/c1-12(26)19-15-5-3-4-6-18(15)25(24-19)20-22-10-13(11-23-20)16-9-14(27-2)7-8-17(16)21/h3,5-12,26H,1-2H3. The van der Waals surface area contributed by atoms with Crippen molar-refractivity contribution in [1.29, 1.82) is 0 Å². The highest BCUT2D eigenvalue weighted by Gasteiger charge is 2.17. The van der Waals surface area contributed by atoms with Crippen LogP contribution in [0.4, 0.5) is 4.39 Å². The zero-order valence-corrected chi connectivity index (χ0v) is 14.7. The van der Waals surface area contributed by atoms with Gasteiger partial charge in [0.2, 0.25) is 0 Å². The normalized spacial score (nSPS) is 12.3. The van der Waals surface area contributed by atoms with E-state index < -0.39 is 6.10 Å². The first-order valence-corrected chi connectivity index (χ1v) is 8.31. The lowest BCUT2D eigenvalue weighted by molar-refractivity contribution is 0.195. The Hall–Kier alpha value is -3.32. The molecule has 1 N–H and O–H groups in total. The van der Waals surface area contributed by atoms with Crippen molar-refractivity contribution in [1.82, 2.24) is 19.7 Å². The number of hydrogen-bond acceptors (Lipinski definition) is 5. The van der Waals surface area contributed by atoms with Crippen LogP contribution in [-0.2, 0) is 0 Å². The maximum Gasteiger partial charge on any atom is 0.251 e. The van der Waals surface area contributed by atoms with Gasteiger partial charge < -0.3 is 9.84 Å². The number of hydrogen-bond donors (Lipinski definition) is 1. The molecule has 1 unspecified atom stereocenters. The quantitative estimate of drug-likeness (QED) is 0.601. The Kier molecular flexibility index (Phi) is 4.29. The van der Waals surface area contributed by atoms with E-state index in [4.69, 9.17) is 4.74 Å². The van der Waals surface area contributed by atoms with Crippen molar-refractivity contribution in [3.63, 3.8) is 0 Å². The van der Waals surface area contributed by atoms with Gasteiger partial charge in [0.05, 0.1) is 24.4 Å². The first kappa shape index (κ1) is 17.1. The van der Waals surface area contributed by atoms with Gasteiger partial charge in [0.1, 0.15) is 11.6 Å². The lowest BCUT2D eigenvalue weighted by Crippen LogP contribution is -2.04. The summed E-state index contributed by atoms with van der Waals surface area (Å²) in [4.78, 5) is 8.66.